The van der Waals surface area contributed by atoms with Crippen molar-refractivity contribution in [2.45, 2.75) is 31.5 Å². The van der Waals surface area contributed by atoms with Crippen LogP contribution in [0.5, 0.6) is 0 Å². The van der Waals surface area contributed by atoms with Crippen LogP contribution >= 0.6 is 0 Å². The van der Waals surface area contributed by atoms with E-state index in [4.69, 9.17) is 0 Å². The lowest BCUT2D eigenvalue weighted by atomic mass is 10.1. The van der Waals surface area contributed by atoms with E-state index >= 15 is 0 Å². The third-order valence-electron chi connectivity index (χ3n) is 5.61. The van der Waals surface area contributed by atoms with Crippen molar-refractivity contribution in [1.29, 1.82) is 0 Å². The van der Waals surface area contributed by atoms with Gasteiger partial charge in [0.05, 0.1) is 23.0 Å². The monoisotopic (exact) mass is 477 g/mol. The molecule has 0 bridgehead atoms. The maximum Gasteiger partial charge on any atom is 0.433 e. The Kier molecular flexibility index (Phi) is 5.55. The number of fused-ring (bicyclic) bond motifs is 1. The smallest absolute Gasteiger partial charge is 0.324 e. The second-order valence-electron chi connectivity index (χ2n) is 7.65. The van der Waals surface area contributed by atoms with Gasteiger partial charge in [0.1, 0.15) is 17.2 Å². The second-order valence-corrected chi connectivity index (χ2v) is 9.85. The van der Waals surface area contributed by atoms with Gasteiger partial charge < -0.3 is 9.13 Å². The van der Waals surface area contributed by atoms with Crippen LogP contribution in [0.1, 0.15) is 25.1 Å². The number of alkyl halides is 3. The van der Waals surface area contributed by atoms with Crippen molar-refractivity contribution in [1.82, 2.24) is 24.1 Å². The number of pyridine rings is 1. The summed E-state index contributed by atoms with van der Waals surface area (Å²) in [6.45, 7) is 3.56. The largest absolute Gasteiger partial charge is 0.433 e. The molecule has 0 unspecified atom stereocenters. The summed E-state index contributed by atoms with van der Waals surface area (Å²) in [4.78, 5) is 12.4. The highest BCUT2D eigenvalue weighted by Gasteiger charge is 2.34. The standard InChI is InChI=1S/C22H22F3N5O2S/c1-5-13-7-9-14(10-8-13)19-28-18(21(30(19)4)33(31,32)6-2)20-27-15-11-17(22(23,24)25)26-12-16(15)29(20)3/h7-12H,5-6H2,1-4H3. The first-order valence-corrected chi connectivity index (χ1v) is 11.9. The van der Waals surface area contributed by atoms with Crippen LogP contribution in [0.3, 0.4) is 0 Å². The molecule has 0 fully saturated rings. The molecule has 0 N–H and O–H groups in total. The molecular weight excluding hydrogens is 455 g/mol. The van der Waals surface area contributed by atoms with Crippen molar-refractivity contribution in [2.24, 2.45) is 14.1 Å². The number of nitrogens with zero attached hydrogens (tertiary/aromatic N) is 5. The van der Waals surface area contributed by atoms with E-state index in [0.29, 0.717) is 16.9 Å². The number of sulfone groups is 1. The first-order valence-electron chi connectivity index (χ1n) is 10.3. The van der Waals surface area contributed by atoms with Gasteiger partial charge in [-0.15, -0.1) is 0 Å². The van der Waals surface area contributed by atoms with E-state index < -0.39 is 21.7 Å². The summed E-state index contributed by atoms with van der Waals surface area (Å²) < 4.78 is 68.4. The third kappa shape index (κ3) is 3.90. The Balaban J connectivity index is 1.98. The molecule has 1 aromatic carbocycles. The molecule has 0 saturated carbocycles. The van der Waals surface area contributed by atoms with Crippen LogP contribution in [0.2, 0.25) is 0 Å². The van der Waals surface area contributed by atoms with E-state index in [1.54, 1.807) is 14.1 Å². The van der Waals surface area contributed by atoms with Crippen molar-refractivity contribution in [3.8, 4) is 22.9 Å². The molecule has 4 aromatic rings. The Morgan fingerprint density at radius 2 is 1.64 bits per heavy atom. The van der Waals surface area contributed by atoms with Crippen LogP contribution in [0.25, 0.3) is 33.9 Å². The molecule has 7 nitrogen and oxygen atoms in total. The zero-order valence-corrected chi connectivity index (χ0v) is 19.3. The van der Waals surface area contributed by atoms with Gasteiger partial charge in [-0.2, -0.15) is 13.2 Å². The van der Waals surface area contributed by atoms with Crippen LogP contribution in [0, 0.1) is 0 Å². The number of halogens is 3. The maximum absolute atomic E-state index is 13.1. The number of aryl methyl sites for hydroxylation is 2. The van der Waals surface area contributed by atoms with Crippen LogP contribution < -0.4 is 0 Å². The van der Waals surface area contributed by atoms with E-state index in [0.717, 1.165) is 24.2 Å². The molecular formula is C22H22F3N5O2S. The molecule has 0 atom stereocenters. The van der Waals surface area contributed by atoms with E-state index in [2.05, 4.69) is 15.0 Å². The Labute approximate surface area is 188 Å². The van der Waals surface area contributed by atoms with Gasteiger partial charge >= 0.3 is 6.18 Å². The Morgan fingerprint density at radius 3 is 2.21 bits per heavy atom. The van der Waals surface area contributed by atoms with Crippen LogP contribution in [-0.4, -0.2) is 38.3 Å². The number of hydrogen-bond donors (Lipinski definition) is 0. The van der Waals surface area contributed by atoms with Gasteiger partial charge in [-0.3, -0.25) is 0 Å². The van der Waals surface area contributed by atoms with E-state index in [1.807, 2.05) is 31.2 Å². The van der Waals surface area contributed by atoms with Crippen molar-refractivity contribution >= 4 is 20.9 Å². The lowest BCUT2D eigenvalue weighted by Gasteiger charge is -2.08. The molecule has 3 aromatic heterocycles. The topological polar surface area (TPSA) is 82.7 Å². The Hall–Kier alpha value is -3.21. The van der Waals surface area contributed by atoms with Gasteiger partial charge in [-0.05, 0) is 18.1 Å². The summed E-state index contributed by atoms with van der Waals surface area (Å²) in [7, 11) is -0.547. The van der Waals surface area contributed by atoms with Crippen molar-refractivity contribution in [3.63, 3.8) is 0 Å². The SMILES string of the molecule is CCc1ccc(-c2nc(-c3nc4cc(C(F)(F)F)ncc4n3C)c(S(=O)(=O)CC)n2C)cc1. The first-order chi connectivity index (χ1) is 15.5. The minimum absolute atomic E-state index is 0.0398. The van der Waals surface area contributed by atoms with Crippen LogP contribution in [-0.2, 0) is 36.5 Å². The summed E-state index contributed by atoms with van der Waals surface area (Å²) >= 11 is 0. The summed E-state index contributed by atoms with van der Waals surface area (Å²) in [5, 5.41) is -0.0398. The lowest BCUT2D eigenvalue weighted by molar-refractivity contribution is -0.141. The van der Waals surface area contributed by atoms with Gasteiger partial charge in [0.15, 0.2) is 20.7 Å². The Bertz CT molecular complexity index is 1450. The predicted molar refractivity (Wildman–Crippen MR) is 118 cm³/mol. The number of rotatable bonds is 5. The molecule has 4 rings (SSSR count). The highest BCUT2D eigenvalue weighted by atomic mass is 32.2. The zero-order valence-electron chi connectivity index (χ0n) is 18.5. The van der Waals surface area contributed by atoms with E-state index in [9.17, 15) is 21.6 Å². The number of benzene rings is 1. The summed E-state index contributed by atoms with van der Waals surface area (Å²) in [5.41, 5.74) is 1.23. The summed E-state index contributed by atoms with van der Waals surface area (Å²) in [5.74, 6) is 0.392. The quantitative estimate of drug-likeness (QED) is 0.425. The van der Waals surface area contributed by atoms with Gasteiger partial charge in [0, 0.05) is 19.7 Å². The fraction of sp³-hybridized carbons (Fsp3) is 0.318. The molecule has 0 radical (unpaired) electrons. The molecule has 33 heavy (non-hydrogen) atoms. The van der Waals surface area contributed by atoms with Crippen molar-refractivity contribution in [3.05, 3.63) is 47.8 Å². The first kappa shape index (κ1) is 23.0. The van der Waals surface area contributed by atoms with Crippen LogP contribution in [0.15, 0.2) is 41.6 Å². The van der Waals surface area contributed by atoms with E-state index in [-0.39, 0.29) is 27.8 Å². The predicted octanol–water partition coefficient (Wildman–Crippen LogP) is 4.41. The van der Waals surface area contributed by atoms with Gasteiger partial charge in [0.25, 0.3) is 0 Å². The lowest BCUT2D eigenvalue weighted by Crippen LogP contribution is -2.11. The fourth-order valence-corrected chi connectivity index (χ4v) is 4.93. The molecule has 0 aliphatic carbocycles. The van der Waals surface area contributed by atoms with Gasteiger partial charge in [-0.25, -0.2) is 23.4 Å². The molecule has 0 amide bonds. The average molecular weight is 478 g/mol. The molecule has 3 heterocycles. The molecule has 0 aliphatic rings. The number of hydrogen-bond acceptors (Lipinski definition) is 5. The number of aromatic nitrogens is 5. The third-order valence-corrected chi connectivity index (χ3v) is 7.42. The van der Waals surface area contributed by atoms with E-state index in [1.165, 1.54) is 16.1 Å². The highest BCUT2D eigenvalue weighted by molar-refractivity contribution is 7.91. The average Bonchev–Trinajstić information content (AvgIpc) is 3.30. The van der Waals surface area contributed by atoms with Gasteiger partial charge in [-0.1, -0.05) is 38.1 Å². The molecule has 0 saturated heterocycles. The highest BCUT2D eigenvalue weighted by Crippen LogP contribution is 2.35. The van der Waals surface area contributed by atoms with Crippen molar-refractivity contribution in [2.75, 3.05) is 5.75 Å². The second kappa shape index (κ2) is 7.98. The fourth-order valence-electron chi connectivity index (χ4n) is 3.73. The van der Waals surface area contributed by atoms with Gasteiger partial charge in [0.2, 0.25) is 0 Å². The minimum Gasteiger partial charge on any atom is -0.324 e. The number of imidazole rings is 2. The summed E-state index contributed by atoms with van der Waals surface area (Å²) in [6, 6.07) is 8.46. The normalized spacial score (nSPS) is 12.6. The maximum atomic E-state index is 13.1. The zero-order chi connectivity index (χ0) is 24.1. The molecule has 0 aliphatic heterocycles. The van der Waals surface area contributed by atoms with Crippen molar-refractivity contribution < 1.29 is 21.6 Å². The molecule has 11 heteroatoms. The Morgan fingerprint density at radius 1 is 0.970 bits per heavy atom. The molecule has 0 spiro atoms. The minimum atomic E-state index is -4.62. The van der Waals surface area contributed by atoms with Crippen LogP contribution in [0.4, 0.5) is 13.2 Å². The summed E-state index contributed by atoms with van der Waals surface area (Å²) in [6.07, 6.45) is -2.68. The molecule has 174 valence electrons.